The van der Waals surface area contributed by atoms with Gasteiger partial charge in [-0.2, -0.15) is 0 Å². The number of hydrogen-bond acceptors (Lipinski definition) is 8. The van der Waals surface area contributed by atoms with Gasteiger partial charge in [-0.25, -0.2) is 4.79 Å². The average Bonchev–Trinajstić information content (AvgIpc) is 3.39. The van der Waals surface area contributed by atoms with Crippen LogP contribution in [-0.4, -0.2) is 54.5 Å². The van der Waals surface area contributed by atoms with E-state index in [1.807, 2.05) is 0 Å². The van der Waals surface area contributed by atoms with Gasteiger partial charge >= 0.3 is 5.97 Å². The highest BCUT2D eigenvalue weighted by atomic mass is 16.7. The fourth-order valence-electron chi connectivity index (χ4n) is 5.68. The lowest BCUT2D eigenvalue weighted by atomic mass is 9.82. The molecule has 2 bridgehead atoms. The van der Waals surface area contributed by atoms with Crippen molar-refractivity contribution in [2.45, 2.75) is 44.1 Å². The largest absolute Gasteiger partial charge is 0.456 e. The Labute approximate surface area is 196 Å². The molecule has 0 amide bonds. The number of aryl methyl sites for hydroxylation is 1. The summed E-state index contributed by atoms with van der Waals surface area (Å²) in [6, 6.07) is 8.70. The van der Waals surface area contributed by atoms with E-state index >= 15 is 0 Å². The summed E-state index contributed by atoms with van der Waals surface area (Å²) in [6.07, 6.45) is 1.80. The molecule has 0 spiro atoms. The molecule has 4 aliphatic rings. The Morgan fingerprint density at radius 1 is 1.21 bits per heavy atom. The highest BCUT2D eigenvalue weighted by Crippen LogP contribution is 2.50. The Balaban J connectivity index is 1.26. The van der Waals surface area contributed by atoms with Crippen molar-refractivity contribution in [1.82, 2.24) is 4.90 Å². The first-order valence-corrected chi connectivity index (χ1v) is 11.3. The molecule has 1 aliphatic carbocycles. The summed E-state index contributed by atoms with van der Waals surface area (Å²) in [5.74, 6) is 1.22. The second kappa shape index (κ2) is 7.82. The van der Waals surface area contributed by atoms with E-state index in [-0.39, 0.29) is 30.0 Å². The van der Waals surface area contributed by atoms with E-state index in [2.05, 4.69) is 23.1 Å². The summed E-state index contributed by atoms with van der Waals surface area (Å²) in [5.41, 5.74) is 4.32. The van der Waals surface area contributed by atoms with Crippen LogP contribution in [0.25, 0.3) is 0 Å². The van der Waals surface area contributed by atoms with Gasteiger partial charge in [-0.3, -0.25) is 15.0 Å². The third kappa shape index (κ3) is 3.26. The van der Waals surface area contributed by atoms with Crippen LogP contribution >= 0.6 is 0 Å². The Bertz CT molecular complexity index is 1240. The van der Waals surface area contributed by atoms with Crippen LogP contribution in [0.2, 0.25) is 0 Å². The Morgan fingerprint density at radius 3 is 2.76 bits per heavy atom. The molecule has 9 heteroatoms. The van der Waals surface area contributed by atoms with E-state index in [0.717, 1.165) is 24.6 Å². The first kappa shape index (κ1) is 21.1. The number of rotatable bonds is 4. The van der Waals surface area contributed by atoms with E-state index in [1.54, 1.807) is 26.2 Å². The second-order valence-electron chi connectivity index (χ2n) is 9.21. The van der Waals surface area contributed by atoms with Crippen molar-refractivity contribution in [2.75, 3.05) is 20.4 Å². The van der Waals surface area contributed by atoms with Gasteiger partial charge in [0.05, 0.1) is 10.5 Å². The highest BCUT2D eigenvalue weighted by molar-refractivity contribution is 5.90. The zero-order valence-corrected chi connectivity index (χ0v) is 18.9. The number of nitro benzene ring substituents is 1. The lowest BCUT2D eigenvalue weighted by molar-refractivity contribution is -0.385. The first-order chi connectivity index (χ1) is 16.4. The molecule has 0 N–H and O–H groups in total. The Morgan fingerprint density at radius 2 is 2.00 bits per heavy atom. The summed E-state index contributed by atoms with van der Waals surface area (Å²) < 4.78 is 22.7. The van der Waals surface area contributed by atoms with Crippen molar-refractivity contribution >= 4 is 11.7 Å². The van der Waals surface area contributed by atoms with Gasteiger partial charge in [-0.15, -0.1) is 0 Å². The zero-order chi connectivity index (χ0) is 23.6. The normalized spacial score (nSPS) is 28.1. The van der Waals surface area contributed by atoms with Gasteiger partial charge in [0.2, 0.25) is 6.79 Å². The van der Waals surface area contributed by atoms with Crippen molar-refractivity contribution in [3.05, 3.63) is 74.3 Å². The summed E-state index contributed by atoms with van der Waals surface area (Å²) in [4.78, 5) is 26.1. The topological polar surface area (TPSA) is 100 Å². The van der Waals surface area contributed by atoms with E-state index < -0.39 is 23.1 Å². The van der Waals surface area contributed by atoms with Crippen LogP contribution in [0.3, 0.4) is 0 Å². The van der Waals surface area contributed by atoms with E-state index in [4.69, 9.17) is 18.9 Å². The molecule has 3 aliphatic heterocycles. The van der Waals surface area contributed by atoms with Crippen molar-refractivity contribution in [2.24, 2.45) is 0 Å². The molecule has 0 radical (unpaired) electrons. The minimum atomic E-state index is -0.586. The monoisotopic (exact) mass is 464 g/mol. The van der Waals surface area contributed by atoms with Crippen molar-refractivity contribution in [1.29, 1.82) is 0 Å². The van der Waals surface area contributed by atoms with Crippen molar-refractivity contribution in [3.8, 4) is 11.5 Å². The molecule has 6 rings (SSSR count). The number of fused-ring (bicyclic) bond motifs is 8. The quantitative estimate of drug-likeness (QED) is 0.293. The molecular formula is C25H24N2O7. The van der Waals surface area contributed by atoms with E-state index in [0.29, 0.717) is 12.0 Å². The van der Waals surface area contributed by atoms with Gasteiger partial charge < -0.3 is 18.9 Å². The van der Waals surface area contributed by atoms with Crippen LogP contribution < -0.4 is 9.47 Å². The first-order valence-electron chi connectivity index (χ1n) is 11.3. The average molecular weight is 464 g/mol. The van der Waals surface area contributed by atoms with Crippen LogP contribution in [0.15, 0.2) is 42.0 Å². The molecule has 5 atom stereocenters. The number of esters is 1. The number of carbonyl (C=O) groups excluding carboxylic acids is 1. The molecule has 1 saturated heterocycles. The standard InChI is InChI=1S/C25H24N2O7/c1-13-3-4-14(5-19(13)27(29)30)25(28)34-24-9-20-17(8-21(24)31-2)18-11-26(20)10-15-6-22-23(7-16(15)18)33-12-32-22/h3-8,18,20-21,24H,9-12H2,1-2H3/t18-,20-,21-,24-/m0/s1. The predicted molar refractivity (Wildman–Crippen MR) is 120 cm³/mol. The zero-order valence-electron chi connectivity index (χ0n) is 18.9. The summed E-state index contributed by atoms with van der Waals surface area (Å²) in [6.45, 7) is 3.57. The number of carbonyl (C=O) groups is 1. The maximum atomic E-state index is 12.9. The van der Waals surface area contributed by atoms with E-state index in [9.17, 15) is 14.9 Å². The summed E-state index contributed by atoms with van der Waals surface area (Å²) in [5, 5.41) is 11.3. The predicted octanol–water partition coefficient (Wildman–Crippen LogP) is 3.48. The fourth-order valence-corrected chi connectivity index (χ4v) is 5.68. The molecule has 1 unspecified atom stereocenters. The van der Waals surface area contributed by atoms with Crippen molar-refractivity contribution in [3.63, 3.8) is 0 Å². The molecule has 2 aromatic rings. The van der Waals surface area contributed by atoms with Gasteiger partial charge in [-0.05, 0) is 41.8 Å². The molecular weight excluding hydrogens is 440 g/mol. The van der Waals surface area contributed by atoms with Gasteiger partial charge in [0.1, 0.15) is 12.2 Å². The number of nitro groups is 1. The SMILES string of the molecule is CO[C@H]1C=C2[C@H]3CN(Cc4cc5c(cc43)OCO5)[C@H]2C[C@@H]1OC(=O)c1ccc(C)c([N+](=O)[O-])c1. The fraction of sp³-hybridized carbons (Fsp3) is 0.400. The molecule has 2 aromatic carbocycles. The number of benzene rings is 2. The summed E-state index contributed by atoms with van der Waals surface area (Å²) in [7, 11) is 1.60. The smallest absolute Gasteiger partial charge is 0.338 e. The summed E-state index contributed by atoms with van der Waals surface area (Å²) >= 11 is 0. The molecule has 176 valence electrons. The minimum absolute atomic E-state index is 0.100. The third-order valence-electron chi connectivity index (χ3n) is 7.38. The molecule has 1 fully saturated rings. The molecule has 9 nitrogen and oxygen atoms in total. The molecule has 34 heavy (non-hydrogen) atoms. The number of hydrogen-bond donors (Lipinski definition) is 0. The van der Waals surface area contributed by atoms with Gasteiger partial charge in [-0.1, -0.05) is 12.1 Å². The van der Waals surface area contributed by atoms with Crippen molar-refractivity contribution < 1.29 is 28.7 Å². The van der Waals surface area contributed by atoms with Crippen LogP contribution in [0.4, 0.5) is 5.69 Å². The lowest BCUT2D eigenvalue weighted by Gasteiger charge is -2.34. The number of ether oxygens (including phenoxy) is 4. The molecule has 0 aromatic heterocycles. The van der Waals surface area contributed by atoms with Crippen LogP contribution in [0.1, 0.15) is 39.4 Å². The lowest BCUT2D eigenvalue weighted by Crippen LogP contribution is -2.43. The Hall–Kier alpha value is -3.43. The van der Waals surface area contributed by atoms with Crippen LogP contribution in [0, 0.1) is 17.0 Å². The highest BCUT2D eigenvalue weighted by Gasteiger charge is 2.47. The second-order valence-corrected chi connectivity index (χ2v) is 9.21. The third-order valence-corrected chi connectivity index (χ3v) is 7.38. The number of methoxy groups -OCH3 is 1. The minimum Gasteiger partial charge on any atom is -0.456 e. The van der Waals surface area contributed by atoms with Gasteiger partial charge in [0, 0.05) is 50.2 Å². The maximum Gasteiger partial charge on any atom is 0.338 e. The molecule has 3 heterocycles. The Kier molecular flexibility index (Phi) is 4.86. The maximum absolute atomic E-state index is 12.9. The van der Waals surface area contributed by atoms with E-state index in [1.165, 1.54) is 22.8 Å². The van der Waals surface area contributed by atoms with Gasteiger partial charge in [0.25, 0.3) is 5.69 Å². The van der Waals surface area contributed by atoms with Crippen LogP contribution in [0.5, 0.6) is 11.5 Å². The van der Waals surface area contributed by atoms with Crippen LogP contribution in [-0.2, 0) is 16.0 Å². The van der Waals surface area contributed by atoms with Gasteiger partial charge in [0.15, 0.2) is 11.5 Å². The molecule has 0 saturated carbocycles. The number of nitrogens with zero attached hydrogens (tertiary/aromatic N) is 2.